The second-order valence-electron chi connectivity index (χ2n) is 5.80. The lowest BCUT2D eigenvalue weighted by Crippen LogP contribution is -2.21. The van der Waals surface area contributed by atoms with E-state index in [1.807, 2.05) is 0 Å². The van der Waals surface area contributed by atoms with Gasteiger partial charge in [0, 0.05) is 16.4 Å². The predicted molar refractivity (Wildman–Crippen MR) is 80.4 cm³/mol. The van der Waals surface area contributed by atoms with E-state index in [0.29, 0.717) is 5.56 Å². The highest BCUT2D eigenvalue weighted by atomic mass is 35.5. The minimum absolute atomic E-state index is 0.213. The highest BCUT2D eigenvalue weighted by Gasteiger charge is 2.74. The average Bonchev–Trinajstić information content (AvgIpc) is 2.84. The van der Waals surface area contributed by atoms with Crippen LogP contribution in [0.2, 0.25) is 0 Å². The quantitative estimate of drug-likeness (QED) is 0.770. The summed E-state index contributed by atoms with van der Waals surface area (Å²) in [5, 5.41) is 9.43. The third-order valence-electron chi connectivity index (χ3n) is 4.05. The van der Waals surface area contributed by atoms with Gasteiger partial charge in [0.25, 0.3) is 0 Å². The first-order chi connectivity index (χ1) is 10.4. The SMILES string of the molecule is CC1(C)C(C=C(Cl)c2ccc(OC(F)(F)F)cc2)C1(Cl)C(=O)O. The van der Waals surface area contributed by atoms with Crippen LogP contribution in [0.1, 0.15) is 19.4 Å². The molecule has 0 bridgehead atoms. The van der Waals surface area contributed by atoms with Crippen molar-refractivity contribution >= 4 is 34.2 Å². The molecule has 8 heteroatoms. The molecule has 1 aliphatic carbocycles. The summed E-state index contributed by atoms with van der Waals surface area (Å²) in [6.07, 6.45) is -3.25. The summed E-state index contributed by atoms with van der Waals surface area (Å²) in [6.45, 7) is 3.42. The largest absolute Gasteiger partial charge is 0.573 e. The molecule has 0 amide bonds. The molecule has 0 aliphatic heterocycles. The lowest BCUT2D eigenvalue weighted by atomic mass is 10.1. The minimum atomic E-state index is -4.76. The maximum atomic E-state index is 12.1. The minimum Gasteiger partial charge on any atom is -0.480 e. The second kappa shape index (κ2) is 5.60. The lowest BCUT2D eigenvalue weighted by molar-refractivity contribution is -0.274. The van der Waals surface area contributed by atoms with Crippen LogP contribution in [0.15, 0.2) is 30.3 Å². The number of rotatable bonds is 4. The molecule has 1 N–H and O–H groups in total. The second-order valence-corrected chi connectivity index (χ2v) is 6.81. The molecule has 1 aromatic rings. The van der Waals surface area contributed by atoms with Crippen molar-refractivity contribution < 1.29 is 27.8 Å². The van der Waals surface area contributed by atoms with E-state index in [9.17, 15) is 23.1 Å². The van der Waals surface area contributed by atoms with Gasteiger partial charge < -0.3 is 9.84 Å². The van der Waals surface area contributed by atoms with E-state index in [1.165, 1.54) is 18.2 Å². The number of allylic oxidation sites excluding steroid dienone is 1. The van der Waals surface area contributed by atoms with Crippen molar-refractivity contribution in [3.8, 4) is 5.75 Å². The van der Waals surface area contributed by atoms with Gasteiger partial charge in [-0.15, -0.1) is 24.8 Å². The zero-order valence-corrected chi connectivity index (χ0v) is 13.6. The molecule has 1 fully saturated rings. The number of carboxylic acid groups (broad SMARTS) is 1. The van der Waals surface area contributed by atoms with Crippen molar-refractivity contribution in [1.82, 2.24) is 0 Å². The summed E-state index contributed by atoms with van der Waals surface area (Å²) in [4.78, 5) is 9.84. The molecule has 0 saturated heterocycles. The Labute approximate surface area is 140 Å². The molecule has 0 aromatic heterocycles. The van der Waals surface area contributed by atoms with Crippen molar-refractivity contribution in [2.24, 2.45) is 11.3 Å². The Morgan fingerprint density at radius 2 is 1.83 bits per heavy atom. The molecule has 2 unspecified atom stereocenters. The van der Waals surface area contributed by atoms with Crippen LogP contribution >= 0.6 is 23.2 Å². The van der Waals surface area contributed by atoms with Crippen molar-refractivity contribution in [3.63, 3.8) is 0 Å². The zero-order valence-electron chi connectivity index (χ0n) is 12.1. The van der Waals surface area contributed by atoms with E-state index in [4.69, 9.17) is 23.2 Å². The average molecular weight is 369 g/mol. The third kappa shape index (κ3) is 3.28. The van der Waals surface area contributed by atoms with Gasteiger partial charge in [0.15, 0.2) is 4.87 Å². The number of carbonyl (C=O) groups is 1. The van der Waals surface area contributed by atoms with Crippen LogP contribution in [0.5, 0.6) is 5.75 Å². The zero-order chi connectivity index (χ0) is 17.6. The summed E-state index contributed by atoms with van der Waals surface area (Å²) in [5.41, 5.74) is -0.242. The van der Waals surface area contributed by atoms with Crippen LogP contribution in [0.3, 0.4) is 0 Å². The van der Waals surface area contributed by atoms with Gasteiger partial charge in [0.2, 0.25) is 0 Å². The molecular weight excluding hydrogens is 356 g/mol. The molecule has 2 atom stereocenters. The molecule has 0 radical (unpaired) electrons. The van der Waals surface area contributed by atoms with Crippen LogP contribution in [0.25, 0.3) is 5.03 Å². The van der Waals surface area contributed by atoms with E-state index in [0.717, 1.165) is 12.1 Å². The van der Waals surface area contributed by atoms with Gasteiger partial charge in [-0.1, -0.05) is 31.5 Å². The van der Waals surface area contributed by atoms with Gasteiger partial charge in [-0.2, -0.15) is 0 Å². The van der Waals surface area contributed by atoms with Crippen LogP contribution in [-0.4, -0.2) is 22.3 Å². The van der Waals surface area contributed by atoms with Crippen LogP contribution in [0, 0.1) is 11.3 Å². The maximum Gasteiger partial charge on any atom is 0.573 e. The summed E-state index contributed by atoms with van der Waals surface area (Å²) < 4.78 is 40.1. The topological polar surface area (TPSA) is 46.5 Å². The number of aliphatic carboxylic acids is 1. The molecule has 1 saturated carbocycles. The highest BCUT2D eigenvalue weighted by Crippen LogP contribution is 2.67. The van der Waals surface area contributed by atoms with Crippen LogP contribution in [-0.2, 0) is 4.79 Å². The summed E-state index contributed by atoms with van der Waals surface area (Å²) in [5.74, 6) is -1.99. The van der Waals surface area contributed by atoms with Gasteiger partial charge in [-0.25, -0.2) is 0 Å². The van der Waals surface area contributed by atoms with Crippen molar-refractivity contribution in [1.29, 1.82) is 0 Å². The van der Waals surface area contributed by atoms with Crippen LogP contribution < -0.4 is 4.74 Å². The molecule has 3 nitrogen and oxygen atoms in total. The van der Waals surface area contributed by atoms with Gasteiger partial charge >= 0.3 is 12.3 Å². The number of benzene rings is 1. The number of ether oxygens (including phenoxy) is 1. The van der Waals surface area contributed by atoms with Crippen molar-refractivity contribution in [3.05, 3.63) is 35.9 Å². The highest BCUT2D eigenvalue weighted by molar-refractivity contribution is 6.49. The first-order valence-corrected chi connectivity index (χ1v) is 7.31. The van der Waals surface area contributed by atoms with E-state index < -0.39 is 28.5 Å². The van der Waals surface area contributed by atoms with Crippen molar-refractivity contribution in [2.75, 3.05) is 0 Å². The fraction of sp³-hybridized carbons (Fsp3) is 0.400. The summed E-state index contributed by atoms with van der Waals surface area (Å²) in [6, 6.07) is 4.96. The number of carboxylic acids is 1. The number of hydrogen-bond donors (Lipinski definition) is 1. The van der Waals surface area contributed by atoms with Gasteiger partial charge in [0.1, 0.15) is 5.75 Å². The van der Waals surface area contributed by atoms with E-state index >= 15 is 0 Å². The molecular formula is C15H13Cl2F3O3. The Morgan fingerprint density at radius 1 is 1.30 bits per heavy atom. The Balaban J connectivity index is 2.18. The smallest absolute Gasteiger partial charge is 0.480 e. The third-order valence-corrected chi connectivity index (χ3v) is 5.28. The molecule has 0 heterocycles. The molecule has 2 rings (SSSR count). The first kappa shape index (κ1) is 17.9. The molecule has 1 aromatic carbocycles. The van der Waals surface area contributed by atoms with E-state index in [1.54, 1.807) is 13.8 Å². The van der Waals surface area contributed by atoms with Gasteiger partial charge in [-0.05, 0) is 29.8 Å². The Bertz CT molecular complexity index is 653. The van der Waals surface area contributed by atoms with Crippen molar-refractivity contribution in [2.45, 2.75) is 25.1 Å². The van der Waals surface area contributed by atoms with Crippen LogP contribution in [0.4, 0.5) is 13.2 Å². The predicted octanol–water partition coefficient (Wildman–Crippen LogP) is 4.88. The summed E-state index contributed by atoms with van der Waals surface area (Å²) >= 11 is 12.3. The Hall–Kier alpha value is -1.40. The fourth-order valence-electron chi connectivity index (χ4n) is 2.54. The normalized spacial score (nSPS) is 26.7. The maximum absolute atomic E-state index is 12.1. The number of halogens is 5. The molecule has 23 heavy (non-hydrogen) atoms. The monoisotopic (exact) mass is 368 g/mol. The Morgan fingerprint density at radius 3 is 2.22 bits per heavy atom. The number of hydrogen-bond acceptors (Lipinski definition) is 2. The fourth-order valence-corrected chi connectivity index (χ4v) is 3.19. The standard InChI is InChI=1S/C15H13Cl2F3O3/c1-13(2)11(14(13,17)12(21)22)7-10(16)8-3-5-9(6-4-8)23-15(18,19)20/h3-7,11H,1-2H3,(H,21,22). The molecule has 1 aliphatic rings. The Kier molecular flexibility index (Phi) is 4.37. The van der Waals surface area contributed by atoms with E-state index in [-0.39, 0.29) is 10.8 Å². The number of alkyl halides is 4. The first-order valence-electron chi connectivity index (χ1n) is 6.55. The van der Waals surface area contributed by atoms with Gasteiger partial charge in [-0.3, -0.25) is 4.79 Å². The van der Waals surface area contributed by atoms with Gasteiger partial charge in [0.05, 0.1) is 0 Å². The summed E-state index contributed by atoms with van der Waals surface area (Å²) in [7, 11) is 0. The lowest BCUT2D eigenvalue weighted by Gasteiger charge is -2.09. The molecule has 126 valence electrons. The van der Waals surface area contributed by atoms with E-state index in [2.05, 4.69) is 4.74 Å². The molecule has 0 spiro atoms.